The number of hydrogen-bond donors (Lipinski definition) is 2. The van der Waals surface area contributed by atoms with E-state index in [1.54, 1.807) is 11.3 Å². The van der Waals surface area contributed by atoms with Gasteiger partial charge in [-0.1, -0.05) is 0 Å². The number of nitrogens with zero attached hydrogens (tertiary/aromatic N) is 1. The molecule has 0 atom stereocenters. The highest BCUT2D eigenvalue weighted by Gasteiger charge is 2.20. The van der Waals surface area contributed by atoms with Crippen molar-refractivity contribution >= 4 is 33.2 Å². The van der Waals surface area contributed by atoms with Crippen LogP contribution in [-0.2, 0) is 11.3 Å². The van der Waals surface area contributed by atoms with Crippen LogP contribution in [0, 0.1) is 5.92 Å². The highest BCUT2D eigenvalue weighted by molar-refractivity contribution is 9.11. The van der Waals surface area contributed by atoms with Crippen molar-refractivity contribution in [3.63, 3.8) is 0 Å². The second-order valence-electron chi connectivity index (χ2n) is 5.20. The first kappa shape index (κ1) is 16.8. The maximum absolute atomic E-state index is 5.63. The largest absolute Gasteiger partial charge is 0.381 e. The van der Waals surface area contributed by atoms with Crippen LogP contribution in [0.5, 0.6) is 0 Å². The van der Waals surface area contributed by atoms with E-state index in [4.69, 9.17) is 4.74 Å². The first-order valence-corrected chi connectivity index (χ1v) is 9.23. The fourth-order valence-corrected chi connectivity index (χ4v) is 3.26. The van der Waals surface area contributed by atoms with Crippen LogP contribution in [0.2, 0.25) is 0 Å². The van der Waals surface area contributed by atoms with Crippen LogP contribution >= 0.6 is 27.3 Å². The maximum atomic E-state index is 5.63. The molecule has 0 radical (unpaired) electrons. The average Bonchev–Trinajstić information content (AvgIpc) is 3.21. The van der Waals surface area contributed by atoms with E-state index in [1.807, 2.05) is 0 Å². The van der Waals surface area contributed by atoms with Crippen molar-refractivity contribution in [2.75, 3.05) is 26.3 Å². The molecule has 2 N–H and O–H groups in total. The number of aliphatic imine (C=N–C) groups is 1. The highest BCUT2D eigenvalue weighted by Crippen LogP contribution is 2.28. The van der Waals surface area contributed by atoms with Gasteiger partial charge in [-0.15, -0.1) is 11.3 Å². The summed E-state index contributed by atoms with van der Waals surface area (Å²) in [6.07, 6.45) is 3.73. The summed E-state index contributed by atoms with van der Waals surface area (Å²) < 4.78 is 6.78. The fourth-order valence-electron chi connectivity index (χ4n) is 1.85. The van der Waals surface area contributed by atoms with E-state index in [-0.39, 0.29) is 0 Å². The van der Waals surface area contributed by atoms with Crippen LogP contribution in [0.4, 0.5) is 0 Å². The molecule has 6 heteroatoms. The third-order valence-corrected chi connectivity index (χ3v) is 4.78. The number of hydrogen-bond acceptors (Lipinski definition) is 3. The lowest BCUT2D eigenvalue weighted by Crippen LogP contribution is -2.38. The quantitative estimate of drug-likeness (QED) is 0.396. The highest BCUT2D eigenvalue weighted by atomic mass is 79.9. The fraction of sp³-hybridized carbons (Fsp3) is 0.667. The number of rotatable bonds is 9. The van der Waals surface area contributed by atoms with E-state index in [2.05, 4.69) is 50.6 Å². The Morgan fingerprint density at radius 3 is 2.95 bits per heavy atom. The van der Waals surface area contributed by atoms with Crippen LogP contribution in [0.1, 0.15) is 31.1 Å². The SMILES string of the molecule is CCNC(=NCc1ccc(Br)s1)NCCCOCC1CC1. The summed E-state index contributed by atoms with van der Waals surface area (Å²) in [5.41, 5.74) is 0. The van der Waals surface area contributed by atoms with Crippen molar-refractivity contribution in [3.05, 3.63) is 20.8 Å². The summed E-state index contributed by atoms with van der Waals surface area (Å²) in [5, 5.41) is 6.62. The lowest BCUT2D eigenvalue weighted by atomic mass is 10.4. The third kappa shape index (κ3) is 7.29. The van der Waals surface area contributed by atoms with Gasteiger partial charge >= 0.3 is 0 Å². The monoisotopic (exact) mass is 373 g/mol. The second-order valence-corrected chi connectivity index (χ2v) is 7.75. The van der Waals surface area contributed by atoms with E-state index < -0.39 is 0 Å². The first-order chi connectivity index (χ1) is 10.3. The minimum atomic E-state index is 0.712. The number of guanidine groups is 1. The van der Waals surface area contributed by atoms with Gasteiger partial charge in [-0.25, -0.2) is 4.99 Å². The van der Waals surface area contributed by atoms with Gasteiger partial charge in [0, 0.05) is 31.2 Å². The lowest BCUT2D eigenvalue weighted by Gasteiger charge is -2.11. The molecule has 1 aliphatic carbocycles. The van der Waals surface area contributed by atoms with Crippen LogP contribution in [0.3, 0.4) is 0 Å². The zero-order valence-electron chi connectivity index (χ0n) is 12.5. The van der Waals surface area contributed by atoms with Gasteiger partial charge in [0.25, 0.3) is 0 Å². The number of halogens is 1. The summed E-state index contributed by atoms with van der Waals surface area (Å²) in [4.78, 5) is 5.85. The molecule has 0 spiro atoms. The predicted molar refractivity (Wildman–Crippen MR) is 93.0 cm³/mol. The van der Waals surface area contributed by atoms with Crippen molar-refractivity contribution in [1.82, 2.24) is 10.6 Å². The third-order valence-electron chi connectivity index (χ3n) is 3.17. The Balaban J connectivity index is 1.62. The van der Waals surface area contributed by atoms with Crippen LogP contribution < -0.4 is 10.6 Å². The van der Waals surface area contributed by atoms with Gasteiger partial charge in [-0.3, -0.25) is 0 Å². The Morgan fingerprint density at radius 1 is 1.43 bits per heavy atom. The number of nitrogens with one attached hydrogen (secondary N) is 2. The normalized spacial score (nSPS) is 15.2. The molecule has 0 bridgehead atoms. The molecule has 1 heterocycles. The molecule has 0 amide bonds. The van der Waals surface area contributed by atoms with Crippen LogP contribution in [-0.4, -0.2) is 32.3 Å². The van der Waals surface area contributed by atoms with Gasteiger partial charge in [-0.2, -0.15) is 0 Å². The molecule has 2 rings (SSSR count). The van der Waals surface area contributed by atoms with E-state index in [0.29, 0.717) is 6.54 Å². The average molecular weight is 374 g/mol. The molecule has 0 aliphatic heterocycles. The van der Waals surface area contributed by atoms with E-state index in [9.17, 15) is 0 Å². The van der Waals surface area contributed by atoms with Gasteiger partial charge in [0.2, 0.25) is 0 Å². The lowest BCUT2D eigenvalue weighted by molar-refractivity contribution is 0.123. The van der Waals surface area contributed by atoms with Crippen molar-refractivity contribution in [3.8, 4) is 0 Å². The molecule has 1 fully saturated rings. The van der Waals surface area contributed by atoms with Crippen molar-refractivity contribution in [2.45, 2.75) is 32.7 Å². The van der Waals surface area contributed by atoms with Gasteiger partial charge in [0.15, 0.2) is 5.96 Å². The summed E-state index contributed by atoms with van der Waals surface area (Å²) in [7, 11) is 0. The smallest absolute Gasteiger partial charge is 0.191 e. The van der Waals surface area contributed by atoms with Crippen LogP contribution in [0.25, 0.3) is 0 Å². The van der Waals surface area contributed by atoms with Crippen molar-refractivity contribution in [2.24, 2.45) is 10.9 Å². The van der Waals surface area contributed by atoms with Gasteiger partial charge < -0.3 is 15.4 Å². The van der Waals surface area contributed by atoms with E-state index >= 15 is 0 Å². The minimum Gasteiger partial charge on any atom is -0.381 e. The van der Waals surface area contributed by atoms with E-state index in [0.717, 1.165) is 48.4 Å². The first-order valence-electron chi connectivity index (χ1n) is 7.62. The zero-order chi connectivity index (χ0) is 14.9. The summed E-state index contributed by atoms with van der Waals surface area (Å²) in [6, 6.07) is 4.17. The van der Waals surface area contributed by atoms with E-state index in [1.165, 1.54) is 17.7 Å². The maximum Gasteiger partial charge on any atom is 0.191 e. The molecule has 4 nitrogen and oxygen atoms in total. The number of ether oxygens (including phenoxy) is 1. The van der Waals surface area contributed by atoms with Crippen molar-refractivity contribution in [1.29, 1.82) is 0 Å². The Labute approximate surface area is 139 Å². The Bertz CT molecular complexity index is 446. The molecule has 0 aromatic carbocycles. The second kappa shape index (κ2) is 9.43. The molecule has 0 unspecified atom stereocenters. The molecule has 118 valence electrons. The minimum absolute atomic E-state index is 0.712. The predicted octanol–water partition coefficient (Wildman–Crippen LogP) is 3.38. The molecule has 0 saturated heterocycles. The molecule has 21 heavy (non-hydrogen) atoms. The van der Waals surface area contributed by atoms with Gasteiger partial charge in [-0.05, 0) is 60.2 Å². The molecule has 1 saturated carbocycles. The number of thiophene rings is 1. The molecular formula is C15H24BrN3OS. The molecule has 1 aromatic heterocycles. The zero-order valence-corrected chi connectivity index (χ0v) is 14.9. The Hall–Kier alpha value is -0.590. The standard InChI is InChI=1S/C15H24BrN3OS/c1-2-17-15(19-10-13-6-7-14(16)21-13)18-8-3-9-20-11-12-4-5-12/h6-7,12H,2-5,8-11H2,1H3,(H2,17,18,19). The summed E-state index contributed by atoms with van der Waals surface area (Å²) >= 11 is 5.20. The Kier molecular flexibility index (Phi) is 7.53. The summed E-state index contributed by atoms with van der Waals surface area (Å²) in [5.74, 6) is 1.73. The van der Waals surface area contributed by atoms with Gasteiger partial charge in [0.1, 0.15) is 0 Å². The Morgan fingerprint density at radius 2 is 2.29 bits per heavy atom. The summed E-state index contributed by atoms with van der Waals surface area (Å²) in [6.45, 7) is 6.34. The topological polar surface area (TPSA) is 45.7 Å². The molecular weight excluding hydrogens is 350 g/mol. The molecule has 1 aliphatic rings. The van der Waals surface area contributed by atoms with Gasteiger partial charge in [0.05, 0.1) is 10.3 Å². The van der Waals surface area contributed by atoms with Crippen LogP contribution in [0.15, 0.2) is 20.9 Å². The molecule has 1 aromatic rings. The van der Waals surface area contributed by atoms with Crippen molar-refractivity contribution < 1.29 is 4.74 Å².